The number of hydrogen-bond acceptors (Lipinski definition) is 4. The molecule has 2 heterocycles. The molecule has 1 aliphatic carbocycles. The number of nitrogens with one attached hydrogen (secondary N) is 2. The number of thiophene rings is 1. The fraction of sp³-hybridized carbons (Fsp3) is 0.421. The summed E-state index contributed by atoms with van der Waals surface area (Å²) >= 11 is 1.71. The predicted octanol–water partition coefficient (Wildman–Crippen LogP) is 4.13. The van der Waals surface area contributed by atoms with Crippen LogP contribution in [0.15, 0.2) is 18.2 Å². The third-order valence-electron chi connectivity index (χ3n) is 5.22. The van der Waals surface area contributed by atoms with Crippen molar-refractivity contribution in [3.8, 4) is 5.75 Å². The molecule has 5 heteroatoms. The van der Waals surface area contributed by atoms with Crippen LogP contribution in [-0.4, -0.2) is 11.0 Å². The molecule has 1 amide bonds. The first kappa shape index (κ1) is 15.5. The summed E-state index contributed by atoms with van der Waals surface area (Å²) in [4.78, 5) is 14.1. The Labute approximate surface area is 145 Å². The minimum atomic E-state index is -0.382. The lowest BCUT2D eigenvalue weighted by atomic mass is 9.85. The molecule has 0 unspecified atom stereocenters. The largest absolute Gasteiger partial charge is 0.508 e. The lowest BCUT2D eigenvalue weighted by Gasteiger charge is -2.27. The second-order valence-corrected chi connectivity index (χ2v) is 7.94. The van der Waals surface area contributed by atoms with Crippen molar-refractivity contribution in [3.05, 3.63) is 45.3 Å². The maximum absolute atomic E-state index is 12.7. The number of carbonyl (C=O) groups excluding carboxylic acids is 1. The number of amides is 1. The molecule has 1 aromatic heterocycles. The predicted molar refractivity (Wildman–Crippen MR) is 96.8 cm³/mol. The Morgan fingerprint density at radius 1 is 1.33 bits per heavy atom. The van der Waals surface area contributed by atoms with Crippen molar-refractivity contribution in [3.63, 3.8) is 0 Å². The fourth-order valence-electron chi connectivity index (χ4n) is 3.77. The quantitative estimate of drug-likeness (QED) is 0.769. The van der Waals surface area contributed by atoms with Gasteiger partial charge in [-0.05, 0) is 49.3 Å². The zero-order valence-electron chi connectivity index (χ0n) is 14.0. The molecule has 2 aliphatic rings. The van der Waals surface area contributed by atoms with Gasteiger partial charge in [-0.1, -0.05) is 25.5 Å². The van der Waals surface area contributed by atoms with E-state index in [4.69, 9.17) is 0 Å². The van der Waals surface area contributed by atoms with Crippen LogP contribution in [0.5, 0.6) is 5.75 Å². The van der Waals surface area contributed by atoms with E-state index < -0.39 is 0 Å². The normalized spacial score (nSPS) is 22.3. The van der Waals surface area contributed by atoms with Gasteiger partial charge in [0.15, 0.2) is 0 Å². The SMILES string of the molecule is CC[C@H]1CCc2c(sc3c2C(=O)N[C@H](c2ccc(C)cc2O)N3)C1. The zero-order chi connectivity index (χ0) is 16.8. The fourth-order valence-corrected chi connectivity index (χ4v) is 5.16. The molecule has 4 rings (SSSR count). The molecule has 0 saturated heterocycles. The molecule has 0 saturated carbocycles. The molecule has 0 radical (unpaired) electrons. The lowest BCUT2D eigenvalue weighted by Crippen LogP contribution is -2.38. The summed E-state index contributed by atoms with van der Waals surface area (Å²) in [7, 11) is 0. The smallest absolute Gasteiger partial charge is 0.256 e. The number of aromatic hydroxyl groups is 1. The summed E-state index contributed by atoms with van der Waals surface area (Å²) in [5, 5.41) is 17.6. The Bertz CT molecular complexity index is 812. The molecule has 2 aromatic rings. The van der Waals surface area contributed by atoms with E-state index in [1.54, 1.807) is 17.4 Å². The molecular weight excluding hydrogens is 320 g/mol. The van der Waals surface area contributed by atoms with Gasteiger partial charge >= 0.3 is 0 Å². The van der Waals surface area contributed by atoms with Crippen LogP contribution >= 0.6 is 11.3 Å². The lowest BCUT2D eigenvalue weighted by molar-refractivity contribution is 0.0935. The summed E-state index contributed by atoms with van der Waals surface area (Å²) in [6.45, 7) is 4.18. The molecule has 0 spiro atoms. The number of carbonyl (C=O) groups is 1. The average molecular weight is 342 g/mol. The van der Waals surface area contributed by atoms with Crippen molar-refractivity contribution in [1.82, 2.24) is 5.32 Å². The first-order valence-electron chi connectivity index (χ1n) is 8.58. The Hall–Kier alpha value is -2.01. The van der Waals surface area contributed by atoms with Crippen molar-refractivity contribution in [2.45, 2.75) is 45.7 Å². The minimum absolute atomic E-state index is 0.0267. The van der Waals surface area contributed by atoms with Crippen LogP contribution in [0.25, 0.3) is 0 Å². The monoisotopic (exact) mass is 342 g/mol. The standard InChI is InChI=1S/C19H22N2O2S/c1-3-11-5-7-13-15(9-11)24-19-16(13)18(23)20-17(21-19)12-6-4-10(2)8-14(12)22/h4,6,8,11,17,21-22H,3,5,7,9H2,1-2H3,(H,20,23)/t11-,17-/m0/s1. The topological polar surface area (TPSA) is 61.4 Å². The highest BCUT2D eigenvalue weighted by Crippen LogP contribution is 2.43. The van der Waals surface area contributed by atoms with Gasteiger partial charge in [-0.15, -0.1) is 11.3 Å². The Balaban J connectivity index is 1.68. The van der Waals surface area contributed by atoms with Crippen molar-refractivity contribution in [2.75, 3.05) is 5.32 Å². The van der Waals surface area contributed by atoms with Gasteiger partial charge in [0.25, 0.3) is 5.91 Å². The Kier molecular flexibility index (Phi) is 3.76. The van der Waals surface area contributed by atoms with Crippen molar-refractivity contribution in [2.24, 2.45) is 5.92 Å². The van der Waals surface area contributed by atoms with Gasteiger partial charge < -0.3 is 15.7 Å². The highest BCUT2D eigenvalue weighted by Gasteiger charge is 2.34. The van der Waals surface area contributed by atoms with Gasteiger partial charge in [-0.3, -0.25) is 4.79 Å². The first-order valence-corrected chi connectivity index (χ1v) is 9.40. The second kappa shape index (κ2) is 5.81. The number of phenolic OH excluding ortho intramolecular Hbond substituents is 1. The van der Waals surface area contributed by atoms with Crippen LogP contribution in [0.3, 0.4) is 0 Å². The van der Waals surface area contributed by atoms with Crippen LogP contribution in [0.1, 0.15) is 57.9 Å². The number of rotatable bonds is 2. The molecule has 24 heavy (non-hydrogen) atoms. The first-order chi connectivity index (χ1) is 11.6. The molecular formula is C19H22N2O2S. The summed E-state index contributed by atoms with van der Waals surface area (Å²) in [6, 6.07) is 5.54. The number of fused-ring (bicyclic) bond motifs is 3. The molecule has 4 nitrogen and oxygen atoms in total. The molecule has 1 aromatic carbocycles. The van der Waals surface area contributed by atoms with Crippen molar-refractivity contribution >= 4 is 22.2 Å². The molecule has 1 aliphatic heterocycles. The second-order valence-electron chi connectivity index (χ2n) is 6.84. The highest BCUT2D eigenvalue weighted by atomic mass is 32.1. The van der Waals surface area contributed by atoms with Crippen LogP contribution in [0.4, 0.5) is 5.00 Å². The number of phenols is 1. The maximum Gasteiger partial charge on any atom is 0.256 e. The molecule has 126 valence electrons. The maximum atomic E-state index is 12.7. The van der Waals surface area contributed by atoms with Gasteiger partial charge in [0.2, 0.25) is 0 Å². The number of aryl methyl sites for hydroxylation is 1. The zero-order valence-corrected chi connectivity index (χ0v) is 14.8. The summed E-state index contributed by atoms with van der Waals surface area (Å²) in [5.41, 5.74) is 3.76. The minimum Gasteiger partial charge on any atom is -0.508 e. The van der Waals surface area contributed by atoms with E-state index in [-0.39, 0.29) is 17.8 Å². The van der Waals surface area contributed by atoms with Crippen molar-refractivity contribution < 1.29 is 9.90 Å². The van der Waals surface area contributed by atoms with E-state index >= 15 is 0 Å². The van der Waals surface area contributed by atoms with E-state index in [0.29, 0.717) is 5.56 Å². The van der Waals surface area contributed by atoms with Gasteiger partial charge in [0.1, 0.15) is 16.9 Å². The third-order valence-corrected chi connectivity index (χ3v) is 6.41. The van der Waals surface area contributed by atoms with E-state index in [9.17, 15) is 9.90 Å². The van der Waals surface area contributed by atoms with E-state index in [1.165, 1.54) is 23.3 Å². The van der Waals surface area contributed by atoms with Gasteiger partial charge in [-0.25, -0.2) is 0 Å². The van der Waals surface area contributed by atoms with Crippen molar-refractivity contribution in [1.29, 1.82) is 0 Å². The summed E-state index contributed by atoms with van der Waals surface area (Å²) in [5.74, 6) is 0.919. The number of anilines is 1. The molecule has 3 N–H and O–H groups in total. The van der Waals surface area contributed by atoms with Gasteiger partial charge in [-0.2, -0.15) is 0 Å². The van der Waals surface area contributed by atoms with Gasteiger partial charge in [0.05, 0.1) is 5.56 Å². The average Bonchev–Trinajstić information content (AvgIpc) is 2.92. The molecule has 0 fully saturated rings. The van der Waals surface area contributed by atoms with E-state index in [0.717, 1.165) is 34.9 Å². The summed E-state index contributed by atoms with van der Waals surface area (Å²) < 4.78 is 0. The highest BCUT2D eigenvalue weighted by molar-refractivity contribution is 7.16. The molecule has 2 atom stereocenters. The Morgan fingerprint density at radius 2 is 2.17 bits per heavy atom. The van der Waals surface area contributed by atoms with Gasteiger partial charge in [0, 0.05) is 10.4 Å². The third kappa shape index (κ3) is 2.47. The van der Waals surface area contributed by atoms with Crippen LogP contribution in [-0.2, 0) is 12.8 Å². The van der Waals surface area contributed by atoms with Crippen LogP contribution in [0.2, 0.25) is 0 Å². The Morgan fingerprint density at radius 3 is 2.92 bits per heavy atom. The number of benzene rings is 1. The van der Waals surface area contributed by atoms with E-state index in [1.807, 2.05) is 19.1 Å². The van der Waals surface area contributed by atoms with E-state index in [2.05, 4.69) is 17.6 Å². The van der Waals surface area contributed by atoms with Crippen LogP contribution < -0.4 is 10.6 Å². The number of hydrogen-bond donors (Lipinski definition) is 3. The van der Waals surface area contributed by atoms with Crippen LogP contribution in [0, 0.1) is 12.8 Å². The summed E-state index contributed by atoms with van der Waals surface area (Å²) in [6.07, 6.45) is 4.06. The molecule has 0 bridgehead atoms.